The monoisotopic (exact) mass is 251 g/mol. The van der Waals surface area contributed by atoms with Crippen LogP contribution in [0.2, 0.25) is 0 Å². The van der Waals surface area contributed by atoms with Crippen LogP contribution in [0.4, 0.5) is 0 Å². The molecular weight excluding hydrogens is 234 g/mol. The summed E-state index contributed by atoms with van der Waals surface area (Å²) in [6.07, 6.45) is 3.70. The van der Waals surface area contributed by atoms with Crippen molar-refractivity contribution in [1.82, 2.24) is 15.1 Å². The van der Waals surface area contributed by atoms with Gasteiger partial charge in [0.05, 0.1) is 5.69 Å². The summed E-state index contributed by atoms with van der Waals surface area (Å²) in [7, 11) is 1.76. The Morgan fingerprint density at radius 1 is 1.61 bits per heavy atom. The van der Waals surface area contributed by atoms with Crippen LogP contribution in [-0.2, 0) is 23.1 Å². The Kier molecular flexibility index (Phi) is 3.11. The van der Waals surface area contributed by atoms with Crippen LogP contribution in [0, 0.1) is 5.41 Å². The van der Waals surface area contributed by atoms with Crippen LogP contribution in [0.15, 0.2) is 12.3 Å². The van der Waals surface area contributed by atoms with Crippen molar-refractivity contribution in [1.29, 1.82) is 0 Å². The fourth-order valence-corrected chi connectivity index (χ4v) is 1.75. The number of carbonyl (C=O) groups is 2. The molecule has 0 spiro atoms. The van der Waals surface area contributed by atoms with Crippen molar-refractivity contribution in [3.8, 4) is 0 Å². The Bertz CT molecular complexity index is 479. The molecular formula is C12H17N3O3. The van der Waals surface area contributed by atoms with E-state index in [1.165, 1.54) is 6.92 Å². The molecule has 2 rings (SSSR count). The van der Waals surface area contributed by atoms with Crippen LogP contribution in [0.5, 0.6) is 0 Å². The van der Waals surface area contributed by atoms with Crippen molar-refractivity contribution in [2.24, 2.45) is 12.5 Å². The van der Waals surface area contributed by atoms with E-state index < -0.39 is 17.3 Å². The Morgan fingerprint density at radius 3 is 2.72 bits per heavy atom. The first-order chi connectivity index (χ1) is 8.41. The normalized spacial score (nSPS) is 18.1. The van der Waals surface area contributed by atoms with E-state index in [1.807, 2.05) is 0 Å². The van der Waals surface area contributed by atoms with Gasteiger partial charge in [-0.3, -0.25) is 14.3 Å². The molecule has 1 saturated carbocycles. The molecule has 98 valence electrons. The smallest absolute Gasteiger partial charge is 0.319 e. The lowest BCUT2D eigenvalue weighted by molar-refractivity contribution is -0.154. The average Bonchev–Trinajstić information content (AvgIpc) is 3.01. The van der Waals surface area contributed by atoms with Crippen molar-refractivity contribution < 1.29 is 14.7 Å². The molecule has 1 unspecified atom stereocenters. The summed E-state index contributed by atoms with van der Waals surface area (Å²) in [5.74, 6) is -1.55. The van der Waals surface area contributed by atoms with E-state index in [4.69, 9.17) is 0 Å². The quantitative estimate of drug-likeness (QED) is 0.739. The zero-order chi connectivity index (χ0) is 13.3. The minimum Gasteiger partial charge on any atom is -0.480 e. The second kappa shape index (κ2) is 4.44. The molecule has 1 aliphatic carbocycles. The zero-order valence-corrected chi connectivity index (χ0v) is 10.5. The van der Waals surface area contributed by atoms with Crippen LogP contribution >= 0.6 is 0 Å². The number of carboxylic acid groups (broad SMARTS) is 1. The number of aliphatic carboxylic acids is 1. The molecule has 0 saturated heterocycles. The van der Waals surface area contributed by atoms with Crippen LogP contribution in [0.3, 0.4) is 0 Å². The molecule has 6 heteroatoms. The summed E-state index contributed by atoms with van der Waals surface area (Å²) >= 11 is 0. The molecule has 0 aromatic carbocycles. The molecule has 2 N–H and O–H groups in total. The van der Waals surface area contributed by atoms with E-state index in [-0.39, 0.29) is 12.5 Å². The van der Waals surface area contributed by atoms with E-state index in [0.29, 0.717) is 5.69 Å². The summed E-state index contributed by atoms with van der Waals surface area (Å²) in [6.45, 7) is 1.45. The van der Waals surface area contributed by atoms with Crippen molar-refractivity contribution in [3.05, 3.63) is 18.0 Å². The maximum absolute atomic E-state index is 12.0. The largest absolute Gasteiger partial charge is 0.480 e. The van der Waals surface area contributed by atoms with Gasteiger partial charge >= 0.3 is 5.97 Å². The van der Waals surface area contributed by atoms with Crippen LogP contribution in [-0.4, -0.2) is 32.8 Å². The molecule has 1 atom stereocenters. The van der Waals surface area contributed by atoms with Gasteiger partial charge in [-0.25, -0.2) is 0 Å². The first-order valence-electron chi connectivity index (χ1n) is 5.95. The lowest BCUT2D eigenvalue weighted by atomic mass is 9.84. The van der Waals surface area contributed by atoms with Gasteiger partial charge < -0.3 is 10.4 Å². The molecule has 6 nitrogen and oxygen atoms in total. The van der Waals surface area contributed by atoms with Gasteiger partial charge in [-0.1, -0.05) is 0 Å². The number of nitrogens with zero attached hydrogens (tertiary/aromatic N) is 2. The van der Waals surface area contributed by atoms with Gasteiger partial charge in [0.1, 0.15) is 5.41 Å². The predicted molar refractivity (Wildman–Crippen MR) is 63.8 cm³/mol. The number of carbonyl (C=O) groups excluding carboxylic acids is 1. The van der Waals surface area contributed by atoms with Crippen LogP contribution in [0.25, 0.3) is 0 Å². The fraction of sp³-hybridized carbons (Fsp3) is 0.583. The summed E-state index contributed by atoms with van der Waals surface area (Å²) in [4.78, 5) is 23.4. The maximum atomic E-state index is 12.0. The molecule has 0 bridgehead atoms. The highest BCUT2D eigenvalue weighted by molar-refractivity contribution is 6.01. The highest BCUT2D eigenvalue weighted by Crippen LogP contribution is 2.26. The van der Waals surface area contributed by atoms with Gasteiger partial charge in [0.2, 0.25) is 5.91 Å². The van der Waals surface area contributed by atoms with E-state index in [9.17, 15) is 14.7 Å². The van der Waals surface area contributed by atoms with Crippen LogP contribution < -0.4 is 5.32 Å². The van der Waals surface area contributed by atoms with Gasteiger partial charge in [-0.05, 0) is 25.8 Å². The van der Waals surface area contributed by atoms with E-state index in [2.05, 4.69) is 10.4 Å². The van der Waals surface area contributed by atoms with E-state index in [0.717, 1.165) is 12.8 Å². The number of amides is 1. The van der Waals surface area contributed by atoms with Gasteiger partial charge in [-0.15, -0.1) is 0 Å². The highest BCUT2D eigenvalue weighted by Gasteiger charge is 2.43. The lowest BCUT2D eigenvalue weighted by Gasteiger charge is -2.22. The van der Waals surface area contributed by atoms with Crippen molar-refractivity contribution in [2.45, 2.75) is 32.2 Å². The maximum Gasteiger partial charge on any atom is 0.319 e. The lowest BCUT2D eigenvalue weighted by Crippen LogP contribution is -2.46. The van der Waals surface area contributed by atoms with Crippen molar-refractivity contribution >= 4 is 11.9 Å². The molecule has 0 radical (unpaired) electrons. The van der Waals surface area contributed by atoms with E-state index >= 15 is 0 Å². The van der Waals surface area contributed by atoms with Crippen molar-refractivity contribution in [3.63, 3.8) is 0 Å². The number of aryl methyl sites for hydroxylation is 1. The Hall–Kier alpha value is -1.85. The first-order valence-corrected chi connectivity index (χ1v) is 5.95. The average molecular weight is 251 g/mol. The third-order valence-electron chi connectivity index (χ3n) is 3.19. The van der Waals surface area contributed by atoms with Gasteiger partial charge in [0.15, 0.2) is 0 Å². The fourth-order valence-electron chi connectivity index (χ4n) is 1.75. The third kappa shape index (κ3) is 2.52. The summed E-state index contributed by atoms with van der Waals surface area (Å²) in [6, 6.07) is 1.88. The number of rotatable bonds is 5. The van der Waals surface area contributed by atoms with Gasteiger partial charge in [0.25, 0.3) is 0 Å². The van der Waals surface area contributed by atoms with Crippen LogP contribution in [0.1, 0.15) is 25.5 Å². The first kappa shape index (κ1) is 12.6. The number of nitrogens with one attached hydrogen (secondary N) is 1. The third-order valence-corrected chi connectivity index (χ3v) is 3.19. The zero-order valence-electron chi connectivity index (χ0n) is 10.5. The SMILES string of the molecule is Cn1ccc(CC(C)(C(=O)O)C(=O)NC2CC2)n1. The molecule has 1 aromatic heterocycles. The molecule has 18 heavy (non-hydrogen) atoms. The van der Waals surface area contributed by atoms with E-state index in [1.54, 1.807) is 24.0 Å². The molecule has 0 aliphatic heterocycles. The van der Waals surface area contributed by atoms with Gasteiger partial charge in [-0.2, -0.15) is 5.10 Å². The molecule has 1 amide bonds. The number of carboxylic acids is 1. The number of aromatic nitrogens is 2. The minimum atomic E-state index is -1.46. The predicted octanol–water partition coefficient (Wildman–Crippen LogP) is 0.332. The second-order valence-corrected chi connectivity index (χ2v) is 5.04. The number of hydrogen-bond acceptors (Lipinski definition) is 3. The van der Waals surface area contributed by atoms with Gasteiger partial charge in [0, 0.05) is 25.7 Å². The Morgan fingerprint density at radius 2 is 2.28 bits per heavy atom. The standard InChI is InChI=1S/C12H17N3O3/c1-12(11(17)18,10(16)13-8-3-4-8)7-9-5-6-15(2)14-9/h5-6,8H,3-4,7H2,1-2H3,(H,13,16)(H,17,18). The molecule has 1 aliphatic rings. The Labute approximate surface area is 105 Å². The summed E-state index contributed by atoms with van der Waals surface area (Å²) < 4.78 is 1.59. The summed E-state index contributed by atoms with van der Waals surface area (Å²) in [5, 5.41) is 16.2. The second-order valence-electron chi connectivity index (χ2n) is 5.04. The summed E-state index contributed by atoms with van der Waals surface area (Å²) in [5.41, 5.74) is -0.856. The minimum absolute atomic E-state index is 0.0989. The molecule has 1 heterocycles. The topological polar surface area (TPSA) is 84.2 Å². The molecule has 1 fully saturated rings. The highest BCUT2D eigenvalue weighted by atomic mass is 16.4. The Balaban J connectivity index is 2.14. The molecule has 1 aromatic rings. The number of hydrogen-bond donors (Lipinski definition) is 2. The van der Waals surface area contributed by atoms with Crippen molar-refractivity contribution in [2.75, 3.05) is 0 Å².